The van der Waals surface area contributed by atoms with Gasteiger partial charge in [0, 0.05) is 25.3 Å². The number of nitrogens with zero attached hydrogens (tertiary/aromatic N) is 2. The molecule has 26 heavy (non-hydrogen) atoms. The van der Waals surface area contributed by atoms with E-state index < -0.39 is 6.10 Å². The molecule has 138 valence electrons. The Bertz CT molecular complexity index is 681. The maximum Gasteiger partial charge on any atom is 0.410 e. The molecule has 6 nitrogen and oxygen atoms in total. The molecule has 0 aliphatic carbocycles. The molecule has 0 saturated carbocycles. The molecule has 1 aromatic carbocycles. The molecule has 1 saturated heterocycles. The molecule has 0 spiro atoms. The van der Waals surface area contributed by atoms with E-state index in [2.05, 4.69) is 10.3 Å². The predicted molar refractivity (Wildman–Crippen MR) is 98.3 cm³/mol. The number of aromatic nitrogens is 1. The molecular formula is C20H25N3O3. The molecule has 2 atom stereocenters. The maximum atomic E-state index is 12.3. The molecular weight excluding hydrogens is 330 g/mol. The number of carbonyl (C=O) groups is 1. The average Bonchev–Trinajstić information content (AvgIpc) is 2.87. The summed E-state index contributed by atoms with van der Waals surface area (Å²) in [7, 11) is 0. The highest BCUT2D eigenvalue weighted by molar-refractivity contribution is 5.67. The first-order valence-electron chi connectivity index (χ1n) is 8.99. The SMILES string of the molecule is O=C(OCc1ccccc1)N1CCCC(NCc2ccccn2)C(O)C1. The largest absolute Gasteiger partial charge is 0.445 e. The fourth-order valence-corrected chi connectivity index (χ4v) is 3.09. The van der Waals surface area contributed by atoms with Gasteiger partial charge < -0.3 is 20.1 Å². The van der Waals surface area contributed by atoms with Crippen molar-refractivity contribution in [2.75, 3.05) is 13.1 Å². The molecule has 1 aliphatic rings. The number of likely N-dealkylation sites (tertiary alicyclic amines) is 1. The normalized spacial score (nSPS) is 20.4. The third-order valence-corrected chi connectivity index (χ3v) is 4.55. The summed E-state index contributed by atoms with van der Waals surface area (Å²) in [4.78, 5) is 18.2. The summed E-state index contributed by atoms with van der Waals surface area (Å²) < 4.78 is 5.38. The molecule has 1 aliphatic heterocycles. The second-order valence-electron chi connectivity index (χ2n) is 6.50. The number of hydrogen-bond donors (Lipinski definition) is 2. The number of nitrogens with one attached hydrogen (secondary N) is 1. The van der Waals surface area contributed by atoms with Crippen molar-refractivity contribution in [3.8, 4) is 0 Å². The average molecular weight is 355 g/mol. The number of carbonyl (C=O) groups excluding carboxylic acids is 1. The van der Waals surface area contributed by atoms with E-state index in [4.69, 9.17) is 4.74 Å². The van der Waals surface area contributed by atoms with Gasteiger partial charge in [-0.15, -0.1) is 0 Å². The predicted octanol–water partition coefficient (Wildman–Crippen LogP) is 2.33. The number of pyridine rings is 1. The number of aliphatic hydroxyl groups excluding tert-OH is 1. The van der Waals surface area contributed by atoms with Crippen LogP contribution >= 0.6 is 0 Å². The lowest BCUT2D eigenvalue weighted by atomic mass is 10.1. The lowest BCUT2D eigenvalue weighted by Crippen LogP contribution is -2.45. The van der Waals surface area contributed by atoms with Crippen LogP contribution in [0.4, 0.5) is 4.79 Å². The van der Waals surface area contributed by atoms with Gasteiger partial charge in [-0.2, -0.15) is 0 Å². The van der Waals surface area contributed by atoms with Gasteiger partial charge in [0.2, 0.25) is 0 Å². The van der Waals surface area contributed by atoms with E-state index in [1.54, 1.807) is 11.1 Å². The topological polar surface area (TPSA) is 74.7 Å². The van der Waals surface area contributed by atoms with Crippen molar-refractivity contribution in [1.82, 2.24) is 15.2 Å². The van der Waals surface area contributed by atoms with Crippen molar-refractivity contribution < 1.29 is 14.6 Å². The van der Waals surface area contributed by atoms with E-state index in [1.807, 2.05) is 48.5 Å². The molecule has 2 N–H and O–H groups in total. The summed E-state index contributed by atoms with van der Waals surface area (Å²) in [6, 6.07) is 15.3. The van der Waals surface area contributed by atoms with E-state index in [9.17, 15) is 9.90 Å². The fraction of sp³-hybridized carbons (Fsp3) is 0.400. The number of rotatable bonds is 5. The number of hydrogen-bond acceptors (Lipinski definition) is 5. The molecule has 0 radical (unpaired) electrons. The van der Waals surface area contributed by atoms with E-state index in [-0.39, 0.29) is 25.3 Å². The Labute approximate surface area is 153 Å². The van der Waals surface area contributed by atoms with Crippen molar-refractivity contribution >= 4 is 6.09 Å². The van der Waals surface area contributed by atoms with Crippen LogP contribution in [0.2, 0.25) is 0 Å². The van der Waals surface area contributed by atoms with Gasteiger partial charge in [-0.05, 0) is 30.5 Å². The number of aliphatic hydroxyl groups is 1. The number of amides is 1. The van der Waals surface area contributed by atoms with E-state index in [1.165, 1.54) is 0 Å². The summed E-state index contributed by atoms with van der Waals surface area (Å²) in [6.45, 7) is 1.70. The van der Waals surface area contributed by atoms with Crippen LogP contribution in [-0.4, -0.2) is 46.3 Å². The first-order valence-corrected chi connectivity index (χ1v) is 8.99. The highest BCUT2D eigenvalue weighted by Crippen LogP contribution is 2.14. The number of benzene rings is 1. The van der Waals surface area contributed by atoms with Crippen LogP contribution in [0.1, 0.15) is 24.1 Å². The van der Waals surface area contributed by atoms with Crippen molar-refractivity contribution in [3.63, 3.8) is 0 Å². The van der Waals surface area contributed by atoms with Crippen LogP contribution in [-0.2, 0) is 17.9 Å². The molecule has 2 heterocycles. The first kappa shape index (κ1) is 18.4. The van der Waals surface area contributed by atoms with Crippen LogP contribution in [0.5, 0.6) is 0 Å². The second kappa shape index (κ2) is 9.31. The van der Waals surface area contributed by atoms with Crippen LogP contribution in [0, 0.1) is 0 Å². The van der Waals surface area contributed by atoms with Crippen molar-refractivity contribution in [2.24, 2.45) is 0 Å². The summed E-state index contributed by atoms with van der Waals surface area (Å²) in [5, 5.41) is 13.9. The van der Waals surface area contributed by atoms with Crippen molar-refractivity contribution in [2.45, 2.75) is 38.1 Å². The molecule has 1 aromatic heterocycles. The second-order valence-corrected chi connectivity index (χ2v) is 6.50. The monoisotopic (exact) mass is 355 g/mol. The van der Waals surface area contributed by atoms with Crippen molar-refractivity contribution in [3.05, 3.63) is 66.0 Å². The van der Waals surface area contributed by atoms with E-state index >= 15 is 0 Å². The van der Waals surface area contributed by atoms with E-state index in [0.29, 0.717) is 13.1 Å². The van der Waals surface area contributed by atoms with Gasteiger partial charge in [-0.25, -0.2) is 4.79 Å². The molecule has 1 amide bonds. The quantitative estimate of drug-likeness (QED) is 0.861. The van der Waals surface area contributed by atoms with Gasteiger partial charge in [-0.1, -0.05) is 36.4 Å². The summed E-state index contributed by atoms with van der Waals surface area (Å²) in [5.41, 5.74) is 1.88. The zero-order valence-corrected chi connectivity index (χ0v) is 14.8. The molecule has 2 aromatic rings. The number of β-amino-alcohol motifs (C(OH)–C–C–N with tert-alkyl or cyclic N) is 1. The summed E-state index contributed by atoms with van der Waals surface area (Å²) >= 11 is 0. The summed E-state index contributed by atoms with van der Waals surface area (Å²) in [6.07, 6.45) is 2.36. The third kappa shape index (κ3) is 5.28. The Morgan fingerprint density at radius 1 is 1.23 bits per heavy atom. The lowest BCUT2D eigenvalue weighted by molar-refractivity contribution is 0.0655. The van der Waals surface area contributed by atoms with Gasteiger partial charge >= 0.3 is 6.09 Å². The zero-order valence-electron chi connectivity index (χ0n) is 14.8. The molecule has 2 unspecified atom stereocenters. The highest BCUT2D eigenvalue weighted by Gasteiger charge is 2.28. The van der Waals surface area contributed by atoms with Crippen LogP contribution in [0.15, 0.2) is 54.7 Å². The minimum Gasteiger partial charge on any atom is -0.445 e. The minimum absolute atomic E-state index is 0.0658. The zero-order chi connectivity index (χ0) is 18.2. The number of ether oxygens (including phenoxy) is 1. The fourth-order valence-electron chi connectivity index (χ4n) is 3.09. The lowest BCUT2D eigenvalue weighted by Gasteiger charge is -2.25. The third-order valence-electron chi connectivity index (χ3n) is 4.55. The van der Waals surface area contributed by atoms with Gasteiger partial charge in [0.1, 0.15) is 6.61 Å². The van der Waals surface area contributed by atoms with Crippen molar-refractivity contribution in [1.29, 1.82) is 0 Å². The Hall–Kier alpha value is -2.44. The van der Waals surface area contributed by atoms with Gasteiger partial charge in [0.25, 0.3) is 0 Å². The van der Waals surface area contributed by atoms with Gasteiger partial charge in [-0.3, -0.25) is 4.98 Å². The Balaban J connectivity index is 1.48. The summed E-state index contributed by atoms with van der Waals surface area (Å²) in [5.74, 6) is 0. The molecule has 1 fully saturated rings. The van der Waals surface area contributed by atoms with Gasteiger partial charge in [0.15, 0.2) is 0 Å². The van der Waals surface area contributed by atoms with Crippen LogP contribution in [0.3, 0.4) is 0 Å². The Morgan fingerprint density at radius 2 is 2.04 bits per heavy atom. The van der Waals surface area contributed by atoms with E-state index in [0.717, 1.165) is 24.1 Å². The minimum atomic E-state index is -0.634. The maximum absolute atomic E-state index is 12.3. The molecule has 3 rings (SSSR count). The standard InChI is InChI=1S/C20H25N3O3/c24-19-14-23(20(25)26-15-16-7-2-1-3-8-16)12-6-10-18(19)22-13-17-9-4-5-11-21-17/h1-5,7-9,11,18-19,22,24H,6,10,12-15H2. The molecule has 0 bridgehead atoms. The Morgan fingerprint density at radius 3 is 2.81 bits per heavy atom. The smallest absolute Gasteiger partial charge is 0.410 e. The van der Waals surface area contributed by atoms with Crippen LogP contribution in [0.25, 0.3) is 0 Å². The highest BCUT2D eigenvalue weighted by atomic mass is 16.6. The van der Waals surface area contributed by atoms with Crippen LogP contribution < -0.4 is 5.32 Å². The first-order chi connectivity index (χ1) is 12.7. The van der Waals surface area contributed by atoms with Gasteiger partial charge in [0.05, 0.1) is 18.3 Å². The molecule has 6 heteroatoms. The Kier molecular flexibility index (Phi) is 6.57.